The number of ether oxygens (including phenoxy) is 2. The number of hydrogen-bond donors (Lipinski definition) is 2. The molecule has 3 N–H and O–H groups in total. The molecule has 1 aromatic carbocycles. The number of aromatic nitrogens is 2. The van der Waals surface area contributed by atoms with Crippen LogP contribution in [0.4, 0.5) is 0 Å². The molecule has 2 heterocycles. The van der Waals surface area contributed by atoms with E-state index in [2.05, 4.69) is 15.5 Å². The van der Waals surface area contributed by atoms with Gasteiger partial charge in [0.2, 0.25) is 17.6 Å². The Kier molecular flexibility index (Phi) is 5.30. The molecule has 1 unspecified atom stereocenters. The second-order valence-electron chi connectivity index (χ2n) is 5.98. The number of carbonyl (C=O) groups is 1. The van der Waals surface area contributed by atoms with Crippen molar-refractivity contribution in [2.45, 2.75) is 38.0 Å². The number of carbonyl (C=O) groups excluding carboxylic acids is 1. The van der Waals surface area contributed by atoms with Crippen LogP contribution in [0.2, 0.25) is 0 Å². The first kappa shape index (κ1) is 17.4. The molecule has 25 heavy (non-hydrogen) atoms. The van der Waals surface area contributed by atoms with E-state index in [1.165, 1.54) is 0 Å². The van der Waals surface area contributed by atoms with Gasteiger partial charge in [0.15, 0.2) is 0 Å². The minimum atomic E-state index is -0.475. The summed E-state index contributed by atoms with van der Waals surface area (Å²) in [6, 6.07) is 6.95. The van der Waals surface area contributed by atoms with E-state index in [4.69, 9.17) is 19.7 Å². The van der Waals surface area contributed by atoms with E-state index in [1.807, 2.05) is 24.3 Å². The molecule has 8 heteroatoms. The Balaban J connectivity index is 1.64. The molecule has 1 aliphatic rings. The molecule has 3 atom stereocenters. The van der Waals surface area contributed by atoms with Crippen LogP contribution in [0.5, 0.6) is 5.75 Å². The first-order chi connectivity index (χ1) is 12.1. The van der Waals surface area contributed by atoms with E-state index in [0.29, 0.717) is 30.4 Å². The zero-order valence-electron chi connectivity index (χ0n) is 14.3. The highest BCUT2D eigenvalue weighted by Gasteiger charge is 2.31. The average molecular weight is 346 g/mol. The molecule has 1 aromatic heterocycles. The van der Waals surface area contributed by atoms with E-state index in [-0.39, 0.29) is 12.0 Å². The number of nitrogens with zero attached hydrogens (tertiary/aromatic N) is 2. The molecule has 2 aromatic rings. The van der Waals surface area contributed by atoms with Gasteiger partial charge in [0.05, 0.1) is 13.2 Å². The fourth-order valence-electron chi connectivity index (χ4n) is 2.73. The van der Waals surface area contributed by atoms with Crippen molar-refractivity contribution in [1.82, 2.24) is 15.5 Å². The Hall–Kier alpha value is -2.45. The number of methoxy groups -OCH3 is 1. The summed E-state index contributed by atoms with van der Waals surface area (Å²) in [5, 5.41) is 6.82. The van der Waals surface area contributed by atoms with Crippen LogP contribution in [0, 0.1) is 0 Å². The second kappa shape index (κ2) is 7.62. The van der Waals surface area contributed by atoms with Gasteiger partial charge in [-0.3, -0.25) is 4.79 Å². The Labute approximate surface area is 145 Å². The van der Waals surface area contributed by atoms with E-state index < -0.39 is 12.1 Å². The Bertz CT molecular complexity index is 733. The van der Waals surface area contributed by atoms with Crippen LogP contribution >= 0.6 is 0 Å². The second-order valence-corrected chi connectivity index (χ2v) is 5.98. The van der Waals surface area contributed by atoms with E-state index in [0.717, 1.165) is 12.0 Å². The third kappa shape index (κ3) is 3.97. The molecule has 134 valence electrons. The van der Waals surface area contributed by atoms with Gasteiger partial charge in [0.25, 0.3) is 0 Å². The summed E-state index contributed by atoms with van der Waals surface area (Å²) in [7, 11) is 1.60. The predicted molar refractivity (Wildman–Crippen MR) is 89.8 cm³/mol. The highest BCUT2D eigenvalue weighted by Crippen LogP contribution is 2.23. The monoisotopic (exact) mass is 346 g/mol. The van der Waals surface area contributed by atoms with Crippen LogP contribution in [-0.4, -0.2) is 41.9 Å². The normalized spacial score (nSPS) is 21.1. The van der Waals surface area contributed by atoms with Crippen molar-refractivity contribution in [2.24, 2.45) is 5.73 Å². The highest BCUT2D eigenvalue weighted by molar-refractivity contribution is 5.81. The predicted octanol–water partition coefficient (Wildman–Crippen LogP) is 1.43. The lowest BCUT2D eigenvalue weighted by molar-refractivity contribution is -0.132. The van der Waals surface area contributed by atoms with Gasteiger partial charge in [-0.05, 0) is 31.9 Å². The van der Waals surface area contributed by atoms with Gasteiger partial charge < -0.3 is 25.0 Å². The zero-order valence-corrected chi connectivity index (χ0v) is 14.3. The summed E-state index contributed by atoms with van der Waals surface area (Å²) < 4.78 is 16.1. The standard InChI is InChI=1S/C17H22N4O4/c1-10(19-16(22)14-7-6-13(9-18)24-14)17-20-15(21-25-17)11-4-3-5-12(8-11)23-2/h3-5,8,10,13-14H,6-7,9,18H2,1-2H3,(H,19,22)/t10?,13-,14+/m1/s1. The summed E-state index contributed by atoms with van der Waals surface area (Å²) in [5.74, 6) is 1.29. The molecule has 1 saturated heterocycles. The minimum absolute atomic E-state index is 0.0471. The SMILES string of the molecule is COc1cccc(-c2noc(C(C)NC(=O)[C@@H]3CC[C@H](CN)O3)n2)c1. The van der Waals surface area contributed by atoms with E-state index in [1.54, 1.807) is 14.0 Å². The van der Waals surface area contributed by atoms with Crippen molar-refractivity contribution in [1.29, 1.82) is 0 Å². The number of nitrogens with one attached hydrogen (secondary N) is 1. The molecule has 0 radical (unpaired) electrons. The molecule has 0 saturated carbocycles. The van der Waals surface area contributed by atoms with Crippen molar-refractivity contribution in [2.75, 3.05) is 13.7 Å². The molecule has 0 aliphatic carbocycles. The summed E-state index contributed by atoms with van der Waals surface area (Å²) in [4.78, 5) is 16.6. The fourth-order valence-corrected chi connectivity index (χ4v) is 2.73. The lowest BCUT2D eigenvalue weighted by Crippen LogP contribution is -2.37. The maximum Gasteiger partial charge on any atom is 0.249 e. The van der Waals surface area contributed by atoms with Crippen LogP contribution in [-0.2, 0) is 9.53 Å². The molecule has 8 nitrogen and oxygen atoms in total. The van der Waals surface area contributed by atoms with E-state index in [9.17, 15) is 4.79 Å². The van der Waals surface area contributed by atoms with Gasteiger partial charge >= 0.3 is 0 Å². The minimum Gasteiger partial charge on any atom is -0.497 e. The lowest BCUT2D eigenvalue weighted by atomic mass is 10.2. The van der Waals surface area contributed by atoms with Crippen molar-refractivity contribution in [3.05, 3.63) is 30.2 Å². The molecule has 0 bridgehead atoms. The van der Waals surface area contributed by atoms with Gasteiger partial charge in [-0.1, -0.05) is 17.3 Å². The molecular weight excluding hydrogens is 324 g/mol. The smallest absolute Gasteiger partial charge is 0.249 e. The topological polar surface area (TPSA) is 113 Å². The molecule has 1 amide bonds. The molecule has 1 fully saturated rings. The van der Waals surface area contributed by atoms with Crippen LogP contribution < -0.4 is 15.8 Å². The number of benzene rings is 1. The summed E-state index contributed by atoms with van der Waals surface area (Å²) in [6.07, 6.45) is 0.939. The number of rotatable bonds is 6. The molecule has 3 rings (SSSR count). The zero-order chi connectivity index (χ0) is 17.8. The van der Waals surface area contributed by atoms with Gasteiger partial charge in [-0.2, -0.15) is 4.98 Å². The summed E-state index contributed by atoms with van der Waals surface area (Å²) in [5.41, 5.74) is 6.34. The van der Waals surface area contributed by atoms with Gasteiger partial charge in [0, 0.05) is 12.1 Å². The molecule has 1 aliphatic heterocycles. The summed E-state index contributed by atoms with van der Waals surface area (Å²) >= 11 is 0. The van der Waals surface area contributed by atoms with Crippen LogP contribution in [0.25, 0.3) is 11.4 Å². The third-order valence-electron chi connectivity index (χ3n) is 4.16. The van der Waals surface area contributed by atoms with Crippen LogP contribution in [0.3, 0.4) is 0 Å². The molecule has 0 spiro atoms. The Morgan fingerprint density at radius 3 is 3.04 bits per heavy atom. The average Bonchev–Trinajstić information content (AvgIpc) is 3.31. The van der Waals surface area contributed by atoms with Crippen molar-refractivity contribution in [3.63, 3.8) is 0 Å². The van der Waals surface area contributed by atoms with E-state index >= 15 is 0 Å². The van der Waals surface area contributed by atoms with Gasteiger partial charge in [-0.25, -0.2) is 0 Å². The highest BCUT2D eigenvalue weighted by atomic mass is 16.5. The number of amides is 1. The maximum atomic E-state index is 12.3. The quantitative estimate of drug-likeness (QED) is 0.813. The lowest BCUT2D eigenvalue weighted by Gasteiger charge is -2.15. The number of hydrogen-bond acceptors (Lipinski definition) is 7. The van der Waals surface area contributed by atoms with Gasteiger partial charge in [0.1, 0.15) is 17.9 Å². The van der Waals surface area contributed by atoms with Gasteiger partial charge in [-0.15, -0.1) is 0 Å². The summed E-state index contributed by atoms with van der Waals surface area (Å²) in [6.45, 7) is 2.21. The largest absolute Gasteiger partial charge is 0.497 e. The van der Waals surface area contributed by atoms with Crippen molar-refractivity contribution < 1.29 is 18.8 Å². The Morgan fingerprint density at radius 2 is 2.32 bits per heavy atom. The fraction of sp³-hybridized carbons (Fsp3) is 0.471. The third-order valence-corrected chi connectivity index (χ3v) is 4.16. The number of nitrogens with two attached hydrogens (primary N) is 1. The first-order valence-electron chi connectivity index (χ1n) is 8.24. The van der Waals surface area contributed by atoms with Crippen LogP contribution in [0.15, 0.2) is 28.8 Å². The van der Waals surface area contributed by atoms with Crippen molar-refractivity contribution in [3.8, 4) is 17.1 Å². The maximum absolute atomic E-state index is 12.3. The Morgan fingerprint density at radius 1 is 1.48 bits per heavy atom. The molecular formula is C17H22N4O4. The van der Waals surface area contributed by atoms with Crippen molar-refractivity contribution >= 4 is 5.91 Å². The first-order valence-corrected chi connectivity index (χ1v) is 8.24. The van der Waals surface area contributed by atoms with Crippen LogP contribution in [0.1, 0.15) is 31.7 Å².